The van der Waals surface area contributed by atoms with Gasteiger partial charge in [0, 0.05) is 38.8 Å². The number of aromatic nitrogens is 2. The van der Waals surface area contributed by atoms with Crippen LogP contribution < -0.4 is 4.90 Å². The molecule has 1 aromatic heterocycles. The van der Waals surface area contributed by atoms with Crippen LogP contribution in [0, 0.1) is 0 Å². The summed E-state index contributed by atoms with van der Waals surface area (Å²) < 4.78 is 1.92. The summed E-state index contributed by atoms with van der Waals surface area (Å²) >= 11 is 0. The van der Waals surface area contributed by atoms with Crippen molar-refractivity contribution < 1.29 is 9.59 Å². The quantitative estimate of drug-likeness (QED) is 0.768. The topological polar surface area (TPSA) is 61.7 Å². The fourth-order valence-electron chi connectivity index (χ4n) is 4.37. The summed E-state index contributed by atoms with van der Waals surface area (Å²) in [6.45, 7) is 2.35. The first-order chi connectivity index (χ1) is 13.6. The molecular weight excluding hydrogens is 354 g/mol. The van der Waals surface area contributed by atoms with Crippen molar-refractivity contribution in [3.05, 3.63) is 41.7 Å². The molecule has 3 aliphatic rings. The summed E-state index contributed by atoms with van der Waals surface area (Å²) in [6, 6.07) is 7.98. The van der Waals surface area contributed by atoms with Gasteiger partial charge < -0.3 is 4.90 Å². The Kier molecular flexibility index (Phi) is 4.19. The molecule has 1 saturated heterocycles. The van der Waals surface area contributed by atoms with Gasteiger partial charge in [0.25, 0.3) is 5.91 Å². The third-order valence-electron chi connectivity index (χ3n) is 6.28. The highest BCUT2D eigenvalue weighted by Crippen LogP contribution is 2.28. The van der Waals surface area contributed by atoms with Crippen molar-refractivity contribution in [2.75, 3.05) is 31.6 Å². The van der Waals surface area contributed by atoms with Crippen LogP contribution in [0.25, 0.3) is 5.69 Å². The number of imide groups is 1. The fraction of sp³-hybridized carbons (Fsp3) is 0.476. The predicted molar refractivity (Wildman–Crippen MR) is 106 cm³/mol. The van der Waals surface area contributed by atoms with E-state index in [9.17, 15) is 9.59 Å². The highest BCUT2D eigenvalue weighted by atomic mass is 16.2. The third kappa shape index (κ3) is 2.90. The minimum Gasteiger partial charge on any atom is -0.318 e. The van der Waals surface area contributed by atoms with Crippen LogP contribution in [0.3, 0.4) is 0 Å². The van der Waals surface area contributed by atoms with Crippen LogP contribution in [0.4, 0.5) is 10.5 Å². The molecule has 2 aliphatic heterocycles. The molecule has 5 rings (SSSR count). The molecule has 3 amide bonds. The van der Waals surface area contributed by atoms with Crippen LogP contribution >= 0.6 is 0 Å². The standard InChI is InChI=1S/C21H25N5O2/c1-23-14-20(27)26(21(23)28)18-7-5-17(6-8-18)25-13-15-9-11-24(16-3-2-4-16)12-10-19(15)22-25/h5-8,13,16H,2-4,9-12,14H2,1H3. The largest absolute Gasteiger partial charge is 0.331 e. The van der Waals surface area contributed by atoms with Crippen molar-refractivity contribution in [1.29, 1.82) is 0 Å². The van der Waals surface area contributed by atoms with Crippen molar-refractivity contribution >= 4 is 17.6 Å². The molecule has 7 heteroatoms. The number of hydrogen-bond acceptors (Lipinski definition) is 4. The van der Waals surface area contributed by atoms with Crippen LogP contribution in [0.2, 0.25) is 0 Å². The summed E-state index contributed by atoms with van der Waals surface area (Å²) in [5.41, 5.74) is 4.07. The molecule has 2 aromatic rings. The second kappa shape index (κ2) is 6.74. The summed E-state index contributed by atoms with van der Waals surface area (Å²) in [5.74, 6) is -0.193. The Morgan fingerprint density at radius 2 is 1.71 bits per heavy atom. The van der Waals surface area contributed by atoms with Crippen LogP contribution in [0.1, 0.15) is 30.5 Å². The zero-order valence-electron chi connectivity index (χ0n) is 16.2. The summed E-state index contributed by atoms with van der Waals surface area (Å²) in [7, 11) is 1.64. The molecule has 0 radical (unpaired) electrons. The minimum atomic E-state index is -0.278. The second-order valence-electron chi connectivity index (χ2n) is 8.05. The van der Waals surface area contributed by atoms with E-state index in [2.05, 4.69) is 11.1 Å². The van der Waals surface area contributed by atoms with E-state index in [0.29, 0.717) is 5.69 Å². The Bertz CT molecular complexity index is 890. The van der Waals surface area contributed by atoms with Crippen molar-refractivity contribution in [3.8, 4) is 5.69 Å². The molecule has 28 heavy (non-hydrogen) atoms. The zero-order chi connectivity index (χ0) is 19.3. The first kappa shape index (κ1) is 17.4. The number of benzene rings is 1. The molecule has 0 N–H and O–H groups in total. The minimum absolute atomic E-state index is 0.129. The maximum atomic E-state index is 12.1. The number of nitrogens with zero attached hydrogens (tertiary/aromatic N) is 5. The first-order valence-corrected chi connectivity index (χ1v) is 10.1. The van der Waals surface area contributed by atoms with Gasteiger partial charge in [-0.3, -0.25) is 9.69 Å². The molecule has 1 aliphatic carbocycles. The predicted octanol–water partition coefficient (Wildman–Crippen LogP) is 2.22. The van der Waals surface area contributed by atoms with Gasteiger partial charge >= 0.3 is 6.03 Å². The Hall–Kier alpha value is -2.67. The average molecular weight is 379 g/mol. The Labute approximate surface area is 164 Å². The van der Waals surface area contributed by atoms with E-state index in [4.69, 9.17) is 5.10 Å². The molecule has 3 heterocycles. The summed E-state index contributed by atoms with van der Waals surface area (Å²) in [5, 5.41) is 4.82. The number of anilines is 1. The number of carbonyl (C=O) groups is 2. The normalized spacial score (nSPS) is 21.0. The first-order valence-electron chi connectivity index (χ1n) is 10.1. The van der Waals surface area contributed by atoms with E-state index in [1.807, 2.05) is 28.9 Å². The highest BCUT2D eigenvalue weighted by molar-refractivity contribution is 6.19. The molecule has 0 bridgehead atoms. The van der Waals surface area contributed by atoms with Gasteiger partial charge in [0.1, 0.15) is 6.54 Å². The van der Waals surface area contributed by atoms with E-state index < -0.39 is 0 Å². The van der Waals surface area contributed by atoms with Gasteiger partial charge in [0.15, 0.2) is 0 Å². The lowest BCUT2D eigenvalue weighted by atomic mass is 9.91. The zero-order valence-corrected chi connectivity index (χ0v) is 16.2. The molecule has 0 atom stereocenters. The van der Waals surface area contributed by atoms with Gasteiger partial charge in [-0.25, -0.2) is 14.4 Å². The molecule has 7 nitrogen and oxygen atoms in total. The molecule has 0 unspecified atom stereocenters. The molecule has 2 fully saturated rings. The van der Waals surface area contributed by atoms with Gasteiger partial charge in [-0.2, -0.15) is 5.10 Å². The van der Waals surface area contributed by atoms with Crippen molar-refractivity contribution in [2.24, 2.45) is 0 Å². The highest BCUT2D eigenvalue weighted by Gasteiger charge is 2.34. The third-order valence-corrected chi connectivity index (χ3v) is 6.28. The molecule has 146 valence electrons. The maximum absolute atomic E-state index is 12.1. The lowest BCUT2D eigenvalue weighted by molar-refractivity contribution is -0.116. The van der Waals surface area contributed by atoms with Crippen molar-refractivity contribution in [3.63, 3.8) is 0 Å². The van der Waals surface area contributed by atoms with Crippen LogP contribution in [-0.2, 0) is 17.6 Å². The Balaban J connectivity index is 1.33. The second-order valence-corrected chi connectivity index (χ2v) is 8.05. The number of fused-ring (bicyclic) bond motifs is 1. The van der Waals surface area contributed by atoms with Gasteiger partial charge in [0.05, 0.1) is 17.1 Å². The average Bonchev–Trinajstić information content (AvgIpc) is 3.10. The van der Waals surface area contributed by atoms with E-state index >= 15 is 0 Å². The summed E-state index contributed by atoms with van der Waals surface area (Å²) in [4.78, 5) is 29.5. The number of carbonyl (C=O) groups excluding carboxylic acids is 2. The van der Waals surface area contributed by atoms with Gasteiger partial charge in [-0.05, 0) is 49.1 Å². The molecule has 0 spiro atoms. The van der Waals surface area contributed by atoms with Gasteiger partial charge in [0.2, 0.25) is 0 Å². The van der Waals surface area contributed by atoms with Crippen molar-refractivity contribution in [1.82, 2.24) is 19.6 Å². The monoisotopic (exact) mass is 379 g/mol. The summed E-state index contributed by atoms with van der Waals surface area (Å²) in [6.07, 6.45) is 8.25. The van der Waals surface area contributed by atoms with E-state index in [1.165, 1.54) is 40.3 Å². The Morgan fingerprint density at radius 3 is 2.36 bits per heavy atom. The molecule has 1 aromatic carbocycles. The maximum Gasteiger partial charge on any atom is 0.331 e. The molecular formula is C21H25N5O2. The van der Waals surface area contributed by atoms with Crippen LogP contribution in [-0.4, -0.2) is 64.2 Å². The molecule has 1 saturated carbocycles. The number of rotatable bonds is 3. The lowest BCUT2D eigenvalue weighted by Gasteiger charge is -2.36. The SMILES string of the molecule is CN1CC(=O)N(c2ccc(-n3cc4c(n3)CCN(C3CCC3)CC4)cc2)C1=O. The fourth-order valence-corrected chi connectivity index (χ4v) is 4.37. The van der Waals surface area contributed by atoms with Crippen LogP contribution in [0.5, 0.6) is 0 Å². The van der Waals surface area contributed by atoms with Crippen molar-refractivity contribution in [2.45, 2.75) is 38.1 Å². The van der Waals surface area contributed by atoms with Gasteiger partial charge in [-0.15, -0.1) is 0 Å². The smallest absolute Gasteiger partial charge is 0.318 e. The van der Waals surface area contributed by atoms with Gasteiger partial charge in [-0.1, -0.05) is 6.42 Å². The number of likely N-dealkylation sites (N-methyl/N-ethyl adjacent to an activating group) is 1. The Morgan fingerprint density at radius 1 is 1.00 bits per heavy atom. The van der Waals surface area contributed by atoms with Crippen LogP contribution in [0.15, 0.2) is 30.5 Å². The number of urea groups is 1. The van der Waals surface area contributed by atoms with E-state index in [1.54, 1.807) is 7.05 Å². The number of amides is 3. The number of hydrogen-bond donors (Lipinski definition) is 0. The van der Waals surface area contributed by atoms with E-state index in [-0.39, 0.29) is 18.5 Å². The van der Waals surface area contributed by atoms with E-state index in [0.717, 1.165) is 37.7 Å². The lowest BCUT2D eigenvalue weighted by Crippen LogP contribution is -2.41.